The summed E-state index contributed by atoms with van der Waals surface area (Å²) in [5, 5.41) is 0. The zero-order chi connectivity index (χ0) is 9.07. The monoisotopic (exact) mass is 202 g/mol. The fourth-order valence-corrected chi connectivity index (χ4v) is 3.65. The van der Waals surface area contributed by atoms with Gasteiger partial charge in [-0.05, 0) is 11.8 Å². The van der Waals surface area contributed by atoms with Gasteiger partial charge in [-0.15, -0.1) is 0 Å². The molecule has 0 aliphatic heterocycles. The van der Waals surface area contributed by atoms with Crippen molar-refractivity contribution in [3.8, 4) is 0 Å². The fraction of sp³-hybridized carbons (Fsp3) is 1.00. The van der Waals surface area contributed by atoms with Crippen molar-refractivity contribution in [1.82, 2.24) is 0 Å². The second-order valence-corrected chi connectivity index (χ2v) is 6.42. The van der Waals surface area contributed by atoms with Crippen molar-refractivity contribution < 1.29 is 40.4 Å². The Kier molecular flexibility index (Phi) is 8.63. The quantitative estimate of drug-likeness (QED) is 0.501. The van der Waals surface area contributed by atoms with Crippen molar-refractivity contribution in [2.75, 3.05) is 12.3 Å². The van der Waals surface area contributed by atoms with E-state index in [1.807, 2.05) is 27.7 Å². The summed E-state index contributed by atoms with van der Waals surface area (Å²) in [6.07, 6.45) is 0.927. The van der Waals surface area contributed by atoms with Gasteiger partial charge < -0.3 is 6.32 Å². The molecule has 0 fully saturated rings. The summed E-state index contributed by atoms with van der Waals surface area (Å²) in [7, 11) is -2.80. The second-order valence-electron chi connectivity index (χ2n) is 4.00. The van der Waals surface area contributed by atoms with Crippen molar-refractivity contribution in [2.24, 2.45) is 11.8 Å². The number of hydrogen-bond donors (Lipinski definition) is 1. The van der Waals surface area contributed by atoms with Gasteiger partial charge in [0.1, 0.15) is 0 Å². The molecule has 0 aliphatic rings. The molecule has 70 valence electrons. The van der Waals surface area contributed by atoms with E-state index in [9.17, 15) is 9.46 Å². The molecule has 2 nitrogen and oxygen atoms in total. The summed E-state index contributed by atoms with van der Waals surface area (Å²) in [6, 6.07) is 0. The van der Waals surface area contributed by atoms with E-state index < -0.39 is 7.37 Å². The summed E-state index contributed by atoms with van der Waals surface area (Å²) >= 11 is 0. The minimum atomic E-state index is -2.80. The third kappa shape index (κ3) is 9.28. The van der Waals surface area contributed by atoms with Crippen LogP contribution >= 0.6 is 7.37 Å². The van der Waals surface area contributed by atoms with Gasteiger partial charge in [0, 0.05) is 12.3 Å². The van der Waals surface area contributed by atoms with Crippen molar-refractivity contribution in [3.05, 3.63) is 0 Å². The molecule has 0 saturated carbocycles. The Hall–Kier alpha value is 1.19. The Morgan fingerprint density at radius 3 is 1.58 bits per heavy atom. The van der Waals surface area contributed by atoms with Crippen molar-refractivity contribution in [1.29, 1.82) is 0 Å². The topological polar surface area (TPSA) is 37.3 Å². The first-order valence-electron chi connectivity index (χ1n) is 4.14. The molecule has 0 aromatic rings. The molecule has 0 amide bonds. The summed E-state index contributed by atoms with van der Waals surface area (Å²) in [4.78, 5) is 9.41. The van der Waals surface area contributed by atoms with Crippen LogP contribution in [-0.2, 0) is 4.57 Å². The molecule has 0 bridgehead atoms. The van der Waals surface area contributed by atoms with Crippen LogP contribution in [0.1, 0.15) is 29.1 Å². The zero-order valence-corrected chi connectivity index (χ0v) is 11.8. The van der Waals surface area contributed by atoms with Gasteiger partial charge in [0.05, 0.1) is 0 Å². The minimum Gasteiger partial charge on any atom is -1.00 e. The Morgan fingerprint density at radius 1 is 1.17 bits per heavy atom. The van der Waals surface area contributed by atoms with E-state index in [1.165, 1.54) is 0 Å². The van der Waals surface area contributed by atoms with E-state index in [0.29, 0.717) is 24.2 Å². The van der Waals surface area contributed by atoms with Crippen LogP contribution in [0.3, 0.4) is 0 Å². The molecule has 0 aliphatic carbocycles. The van der Waals surface area contributed by atoms with Gasteiger partial charge in [0.15, 0.2) is 0 Å². The summed E-state index contributed by atoms with van der Waals surface area (Å²) < 4.78 is 11.4. The zero-order valence-electron chi connectivity index (χ0n) is 9.87. The molecule has 0 heterocycles. The maximum Gasteiger partial charge on any atom is 1.00 e. The number of hydrogen-bond acceptors (Lipinski definition) is 1. The van der Waals surface area contributed by atoms with Crippen molar-refractivity contribution >= 4 is 7.37 Å². The first-order chi connectivity index (χ1) is 4.83. The van der Waals surface area contributed by atoms with Gasteiger partial charge in [-0.1, -0.05) is 27.7 Å². The van der Waals surface area contributed by atoms with Crippen LogP contribution in [0.5, 0.6) is 0 Å². The largest absolute Gasteiger partial charge is 1.00 e. The van der Waals surface area contributed by atoms with Gasteiger partial charge in [0.25, 0.3) is 0 Å². The van der Waals surface area contributed by atoms with Crippen LogP contribution in [0.4, 0.5) is 0 Å². The Balaban J connectivity index is -0.000000500. The first kappa shape index (κ1) is 15.7. The maximum atomic E-state index is 11.4. The van der Waals surface area contributed by atoms with E-state index in [0.717, 1.165) is 0 Å². The molecular weight excluding hydrogens is 182 g/mol. The average Bonchev–Trinajstić information content (AvgIpc) is 1.53. The SMILES string of the molecule is CC(C)CP(=O)(O)CC(C)C.[H-].[Na+]. The molecule has 12 heavy (non-hydrogen) atoms. The average molecular weight is 202 g/mol. The van der Waals surface area contributed by atoms with Gasteiger partial charge in [0.2, 0.25) is 7.37 Å². The Bertz CT molecular complexity index is 148. The maximum absolute atomic E-state index is 11.4. The van der Waals surface area contributed by atoms with Crippen LogP contribution < -0.4 is 29.6 Å². The van der Waals surface area contributed by atoms with E-state index in [4.69, 9.17) is 0 Å². The second kappa shape index (κ2) is 6.62. The molecule has 0 unspecified atom stereocenters. The summed E-state index contributed by atoms with van der Waals surface area (Å²) in [6.45, 7) is 7.90. The molecule has 0 atom stereocenters. The predicted octanol–water partition coefficient (Wildman–Crippen LogP) is -0.315. The number of rotatable bonds is 4. The van der Waals surface area contributed by atoms with E-state index in [2.05, 4.69) is 0 Å². The van der Waals surface area contributed by atoms with Gasteiger partial charge in [-0.3, -0.25) is 4.57 Å². The Labute approximate surface area is 99.4 Å². The summed E-state index contributed by atoms with van der Waals surface area (Å²) in [5.74, 6) is 0.647. The molecule has 0 aromatic carbocycles. The van der Waals surface area contributed by atoms with Crippen LogP contribution in [0.15, 0.2) is 0 Å². The molecule has 0 aromatic heterocycles. The van der Waals surface area contributed by atoms with Gasteiger partial charge in [-0.25, -0.2) is 0 Å². The molecule has 0 radical (unpaired) electrons. The fourth-order valence-electron chi connectivity index (χ4n) is 1.22. The van der Waals surface area contributed by atoms with Gasteiger partial charge >= 0.3 is 29.6 Å². The smallest absolute Gasteiger partial charge is 1.00 e. The Morgan fingerprint density at radius 2 is 1.42 bits per heavy atom. The van der Waals surface area contributed by atoms with Crippen molar-refractivity contribution in [2.45, 2.75) is 27.7 Å². The molecule has 0 spiro atoms. The van der Waals surface area contributed by atoms with Crippen LogP contribution in [-0.4, -0.2) is 17.2 Å². The molecule has 0 saturated heterocycles. The normalized spacial score (nSPS) is 11.9. The van der Waals surface area contributed by atoms with Crippen LogP contribution in [0.2, 0.25) is 0 Å². The van der Waals surface area contributed by atoms with Crippen LogP contribution in [0, 0.1) is 11.8 Å². The standard InChI is InChI=1S/C8H19O2P.Na.H/c1-7(2)5-11(9,10)6-8(3)4;;/h7-8H,5-6H2,1-4H3,(H,9,10);;/q;+1;-1. The third-order valence-corrected chi connectivity index (χ3v) is 3.90. The predicted molar refractivity (Wildman–Crippen MR) is 50.3 cm³/mol. The van der Waals surface area contributed by atoms with E-state index >= 15 is 0 Å². The van der Waals surface area contributed by atoms with Crippen molar-refractivity contribution in [3.63, 3.8) is 0 Å². The van der Waals surface area contributed by atoms with Crippen LogP contribution in [0.25, 0.3) is 0 Å². The van der Waals surface area contributed by atoms with E-state index in [-0.39, 0.29) is 31.0 Å². The van der Waals surface area contributed by atoms with Gasteiger partial charge in [-0.2, -0.15) is 0 Å². The molecular formula is C8H20NaO2P. The third-order valence-electron chi connectivity index (χ3n) is 1.30. The summed E-state index contributed by atoms with van der Waals surface area (Å²) in [5.41, 5.74) is 0. The molecule has 1 N–H and O–H groups in total. The minimum absolute atomic E-state index is 0. The molecule has 4 heteroatoms. The van der Waals surface area contributed by atoms with E-state index in [1.54, 1.807) is 0 Å². The first-order valence-corrected chi connectivity index (χ1v) is 6.17. The molecule has 0 rings (SSSR count).